The van der Waals surface area contributed by atoms with E-state index in [4.69, 9.17) is 21.4 Å². The van der Waals surface area contributed by atoms with Crippen LogP contribution in [0.4, 0.5) is 0 Å². The summed E-state index contributed by atoms with van der Waals surface area (Å²) >= 11 is 7.69. The molecule has 0 atom stereocenters. The molecule has 0 saturated carbocycles. The van der Waals surface area contributed by atoms with E-state index in [9.17, 15) is 4.79 Å². The topological polar surface area (TPSA) is 59.4 Å². The molecule has 0 fully saturated rings. The molecule has 1 aromatic carbocycles. The molecule has 3 rings (SSSR count). The van der Waals surface area contributed by atoms with Gasteiger partial charge in [-0.2, -0.15) is 0 Å². The number of carbonyl (C=O) groups is 1. The number of aromatic nitrogens is 1. The average Bonchev–Trinajstić information content (AvgIpc) is 3.07. The highest BCUT2D eigenvalue weighted by molar-refractivity contribution is 7.13. The van der Waals surface area contributed by atoms with Crippen molar-refractivity contribution >= 4 is 28.9 Å². The van der Waals surface area contributed by atoms with E-state index < -0.39 is 5.97 Å². The number of nitrogens with zero attached hydrogens (tertiary/aromatic N) is 1. The van der Waals surface area contributed by atoms with Gasteiger partial charge in [0, 0.05) is 22.8 Å². The number of hydrogen-bond acceptors (Lipinski definition) is 4. The van der Waals surface area contributed by atoms with Gasteiger partial charge >= 0.3 is 5.97 Å². The van der Waals surface area contributed by atoms with Crippen LogP contribution >= 0.6 is 22.9 Å². The number of ether oxygens (including phenoxy) is 1. The second kappa shape index (κ2) is 8.14. The molecule has 0 spiro atoms. The number of pyridine rings is 1. The summed E-state index contributed by atoms with van der Waals surface area (Å²) in [6, 6.07) is 13.7. The quantitative estimate of drug-likeness (QED) is 0.628. The molecular weight excluding hydrogens is 358 g/mol. The van der Waals surface area contributed by atoms with E-state index in [1.54, 1.807) is 12.4 Å². The van der Waals surface area contributed by atoms with E-state index in [0.717, 1.165) is 26.6 Å². The van der Waals surface area contributed by atoms with Gasteiger partial charge in [0.2, 0.25) is 0 Å². The zero-order valence-electron chi connectivity index (χ0n) is 13.3. The van der Waals surface area contributed by atoms with Crippen LogP contribution < -0.4 is 4.74 Å². The predicted octanol–water partition coefficient (Wildman–Crippen LogP) is 5.06. The van der Waals surface area contributed by atoms with Crippen LogP contribution in [0, 0.1) is 0 Å². The zero-order chi connectivity index (χ0) is 17.6. The predicted molar refractivity (Wildman–Crippen MR) is 99.3 cm³/mol. The largest absolute Gasteiger partial charge is 0.481 e. The summed E-state index contributed by atoms with van der Waals surface area (Å²) in [4.78, 5) is 15.6. The van der Waals surface area contributed by atoms with Crippen molar-refractivity contribution in [2.24, 2.45) is 0 Å². The fourth-order valence-corrected chi connectivity index (χ4v) is 3.47. The van der Waals surface area contributed by atoms with Gasteiger partial charge in [-0.1, -0.05) is 29.8 Å². The molecular formula is C19H16ClNO3S. The van der Waals surface area contributed by atoms with Gasteiger partial charge in [0.05, 0.1) is 11.4 Å². The molecule has 3 aromatic rings. The highest BCUT2D eigenvalue weighted by Gasteiger charge is 2.06. The van der Waals surface area contributed by atoms with Gasteiger partial charge in [-0.3, -0.25) is 9.78 Å². The van der Waals surface area contributed by atoms with Gasteiger partial charge in [-0.15, -0.1) is 11.3 Å². The number of halogens is 1. The summed E-state index contributed by atoms with van der Waals surface area (Å²) in [6.07, 6.45) is 4.01. The lowest BCUT2D eigenvalue weighted by Gasteiger charge is -2.08. The lowest BCUT2D eigenvalue weighted by atomic mass is 10.0. The van der Waals surface area contributed by atoms with E-state index in [0.29, 0.717) is 18.1 Å². The SMILES string of the molecule is O=C(O)CCc1ccc(OCc2cccc(-c3ccncc3Cl)c2)s1. The number of benzene rings is 1. The van der Waals surface area contributed by atoms with Gasteiger partial charge in [0.25, 0.3) is 0 Å². The molecule has 2 aromatic heterocycles. The van der Waals surface area contributed by atoms with Gasteiger partial charge in [-0.05, 0) is 41.8 Å². The molecule has 0 bridgehead atoms. The molecule has 25 heavy (non-hydrogen) atoms. The van der Waals surface area contributed by atoms with Crippen molar-refractivity contribution in [2.45, 2.75) is 19.4 Å². The Labute approximate surface area is 154 Å². The Morgan fingerprint density at radius 2 is 2.12 bits per heavy atom. The molecule has 6 heteroatoms. The molecule has 0 aliphatic carbocycles. The number of carboxylic acid groups (broad SMARTS) is 1. The Bertz CT molecular complexity index is 878. The maximum Gasteiger partial charge on any atom is 0.303 e. The van der Waals surface area contributed by atoms with Crippen molar-refractivity contribution in [1.82, 2.24) is 4.98 Å². The third kappa shape index (κ3) is 4.81. The monoisotopic (exact) mass is 373 g/mol. The number of aliphatic carboxylic acids is 1. The summed E-state index contributed by atoms with van der Waals surface area (Å²) in [5, 5.41) is 10.1. The van der Waals surface area contributed by atoms with Crippen LogP contribution in [-0.4, -0.2) is 16.1 Å². The summed E-state index contributed by atoms with van der Waals surface area (Å²) in [5.41, 5.74) is 2.98. The lowest BCUT2D eigenvalue weighted by Crippen LogP contribution is -1.95. The Balaban J connectivity index is 1.65. The van der Waals surface area contributed by atoms with E-state index in [-0.39, 0.29) is 6.42 Å². The number of hydrogen-bond donors (Lipinski definition) is 1. The average molecular weight is 374 g/mol. The van der Waals surface area contributed by atoms with Crippen molar-refractivity contribution in [2.75, 3.05) is 0 Å². The third-order valence-electron chi connectivity index (χ3n) is 3.61. The molecule has 4 nitrogen and oxygen atoms in total. The van der Waals surface area contributed by atoms with Crippen molar-refractivity contribution < 1.29 is 14.6 Å². The minimum Gasteiger partial charge on any atom is -0.481 e. The number of thiophene rings is 1. The van der Waals surface area contributed by atoms with Crippen LogP contribution in [-0.2, 0) is 17.8 Å². The molecule has 0 aliphatic rings. The molecule has 0 aliphatic heterocycles. The Morgan fingerprint density at radius 3 is 2.92 bits per heavy atom. The maximum absolute atomic E-state index is 10.6. The van der Waals surface area contributed by atoms with Crippen molar-refractivity contribution in [3.05, 3.63) is 70.3 Å². The maximum atomic E-state index is 10.6. The molecule has 2 heterocycles. The summed E-state index contributed by atoms with van der Waals surface area (Å²) < 4.78 is 5.83. The second-order valence-electron chi connectivity index (χ2n) is 5.46. The zero-order valence-corrected chi connectivity index (χ0v) is 14.9. The van der Waals surface area contributed by atoms with Crippen LogP contribution in [0.25, 0.3) is 11.1 Å². The van der Waals surface area contributed by atoms with Crippen LogP contribution in [0.15, 0.2) is 54.9 Å². The molecule has 0 amide bonds. The Kier molecular flexibility index (Phi) is 5.68. The standard InChI is InChI=1S/C19H16ClNO3S/c20-17-11-21-9-8-16(17)14-3-1-2-13(10-14)12-24-19-7-5-15(25-19)4-6-18(22)23/h1-3,5,7-11H,4,6,12H2,(H,22,23). The van der Waals surface area contributed by atoms with Gasteiger partial charge < -0.3 is 9.84 Å². The van der Waals surface area contributed by atoms with E-state index >= 15 is 0 Å². The first kappa shape index (κ1) is 17.5. The van der Waals surface area contributed by atoms with Crippen molar-refractivity contribution in [1.29, 1.82) is 0 Å². The first-order chi connectivity index (χ1) is 12.1. The smallest absolute Gasteiger partial charge is 0.303 e. The molecule has 128 valence electrons. The summed E-state index contributed by atoms with van der Waals surface area (Å²) in [5.74, 6) is -0.789. The number of aryl methyl sites for hydroxylation is 1. The van der Waals surface area contributed by atoms with Gasteiger partial charge in [-0.25, -0.2) is 0 Å². The number of rotatable bonds is 7. The Hall–Kier alpha value is -2.37. The Morgan fingerprint density at radius 1 is 1.24 bits per heavy atom. The normalized spacial score (nSPS) is 10.6. The van der Waals surface area contributed by atoms with Gasteiger partial charge in [0.15, 0.2) is 5.06 Å². The first-order valence-electron chi connectivity index (χ1n) is 7.74. The van der Waals surface area contributed by atoms with Crippen LogP contribution in [0.2, 0.25) is 5.02 Å². The highest BCUT2D eigenvalue weighted by atomic mass is 35.5. The fourth-order valence-electron chi connectivity index (χ4n) is 2.39. The highest BCUT2D eigenvalue weighted by Crippen LogP contribution is 2.29. The second-order valence-corrected chi connectivity index (χ2v) is 7.00. The lowest BCUT2D eigenvalue weighted by molar-refractivity contribution is -0.136. The fraction of sp³-hybridized carbons (Fsp3) is 0.158. The summed E-state index contributed by atoms with van der Waals surface area (Å²) in [6.45, 7) is 0.440. The molecule has 0 saturated heterocycles. The molecule has 1 N–H and O–H groups in total. The van der Waals surface area contributed by atoms with E-state index in [1.807, 2.05) is 42.5 Å². The molecule has 0 unspecified atom stereocenters. The third-order valence-corrected chi connectivity index (χ3v) is 4.97. The number of carboxylic acids is 1. The minimum absolute atomic E-state index is 0.134. The summed E-state index contributed by atoms with van der Waals surface area (Å²) in [7, 11) is 0. The van der Waals surface area contributed by atoms with Gasteiger partial charge in [0.1, 0.15) is 6.61 Å². The first-order valence-corrected chi connectivity index (χ1v) is 8.93. The van der Waals surface area contributed by atoms with E-state index in [1.165, 1.54) is 11.3 Å². The van der Waals surface area contributed by atoms with E-state index in [2.05, 4.69) is 4.98 Å². The van der Waals surface area contributed by atoms with Crippen molar-refractivity contribution in [3.8, 4) is 16.2 Å². The van der Waals surface area contributed by atoms with Crippen molar-refractivity contribution in [3.63, 3.8) is 0 Å². The van der Waals surface area contributed by atoms with Crippen LogP contribution in [0.5, 0.6) is 5.06 Å². The minimum atomic E-state index is -0.789. The molecule has 0 radical (unpaired) electrons. The van der Waals surface area contributed by atoms with Crippen LogP contribution in [0.3, 0.4) is 0 Å². The van der Waals surface area contributed by atoms with Crippen LogP contribution in [0.1, 0.15) is 16.9 Å².